The van der Waals surface area contributed by atoms with Gasteiger partial charge in [0, 0.05) is 6.04 Å². The van der Waals surface area contributed by atoms with Gasteiger partial charge in [0.05, 0.1) is 0 Å². The van der Waals surface area contributed by atoms with Crippen LogP contribution in [0.2, 0.25) is 0 Å². The van der Waals surface area contributed by atoms with Gasteiger partial charge in [-0.1, -0.05) is 57.1 Å². The van der Waals surface area contributed by atoms with Crippen LogP contribution in [-0.4, -0.2) is 13.1 Å². The van der Waals surface area contributed by atoms with E-state index in [1.807, 2.05) is 5.57 Å². The van der Waals surface area contributed by atoms with E-state index in [-0.39, 0.29) is 0 Å². The van der Waals surface area contributed by atoms with Gasteiger partial charge in [-0.15, -0.1) is 0 Å². The number of hydrogen-bond acceptors (Lipinski definition) is 1. The Bertz CT molecular complexity index is 527. The fourth-order valence-electron chi connectivity index (χ4n) is 8.15. The molecule has 0 aromatic rings. The average molecular weight is 428 g/mol. The number of nitrogens with one attached hydrogen (secondary N) is 1. The van der Waals surface area contributed by atoms with Crippen molar-refractivity contribution in [2.45, 2.75) is 135 Å². The van der Waals surface area contributed by atoms with Crippen LogP contribution in [0, 0.1) is 35.5 Å². The van der Waals surface area contributed by atoms with Crippen molar-refractivity contribution in [3.63, 3.8) is 0 Å². The molecule has 1 heteroatoms. The highest BCUT2D eigenvalue weighted by Gasteiger charge is 2.33. The van der Waals surface area contributed by atoms with Crippen molar-refractivity contribution >= 4 is 0 Å². The van der Waals surface area contributed by atoms with Crippen molar-refractivity contribution in [1.82, 2.24) is 5.32 Å². The molecule has 0 aromatic heterocycles. The molecule has 1 nitrogen and oxygen atoms in total. The highest BCUT2D eigenvalue weighted by molar-refractivity contribution is 5.12. The molecule has 1 atom stereocenters. The summed E-state index contributed by atoms with van der Waals surface area (Å²) in [4.78, 5) is 0. The lowest BCUT2D eigenvalue weighted by Gasteiger charge is -2.40. The molecule has 1 N–H and O–H groups in total. The van der Waals surface area contributed by atoms with E-state index in [9.17, 15) is 0 Å². The summed E-state index contributed by atoms with van der Waals surface area (Å²) in [5, 5.41) is 3.51. The van der Waals surface area contributed by atoms with Gasteiger partial charge in [-0.2, -0.15) is 0 Å². The van der Waals surface area contributed by atoms with Crippen LogP contribution in [0.1, 0.15) is 129 Å². The van der Waals surface area contributed by atoms with Crippen molar-refractivity contribution in [2.24, 2.45) is 35.5 Å². The maximum Gasteiger partial charge on any atom is 0.00642 e. The Morgan fingerprint density at radius 2 is 1.32 bits per heavy atom. The minimum absolute atomic E-state index is 0.809. The predicted octanol–water partition coefficient (Wildman–Crippen LogP) is 8.68. The van der Waals surface area contributed by atoms with E-state index < -0.39 is 0 Å². The van der Waals surface area contributed by atoms with Crippen LogP contribution >= 0.6 is 0 Å². The number of hydrogen-bond donors (Lipinski definition) is 1. The van der Waals surface area contributed by atoms with E-state index in [2.05, 4.69) is 25.4 Å². The molecule has 31 heavy (non-hydrogen) atoms. The smallest absolute Gasteiger partial charge is 0.00642 e. The molecular formula is C30H53N. The van der Waals surface area contributed by atoms with Crippen LogP contribution in [0.15, 0.2) is 11.6 Å². The second-order valence-corrected chi connectivity index (χ2v) is 12.1. The minimum Gasteiger partial charge on any atom is -0.317 e. The Morgan fingerprint density at radius 3 is 1.90 bits per heavy atom. The van der Waals surface area contributed by atoms with Crippen LogP contribution in [-0.2, 0) is 0 Å². The lowest BCUT2D eigenvalue weighted by Crippen LogP contribution is -2.33. The average Bonchev–Trinajstić information content (AvgIpc) is 2.85. The maximum absolute atomic E-state index is 3.51. The topological polar surface area (TPSA) is 12.0 Å². The third-order valence-electron chi connectivity index (χ3n) is 10.4. The Kier molecular flexibility index (Phi) is 9.42. The molecule has 178 valence electrons. The fourth-order valence-corrected chi connectivity index (χ4v) is 8.15. The molecule has 0 bridgehead atoms. The molecule has 4 aliphatic carbocycles. The molecule has 4 rings (SSSR count). The van der Waals surface area contributed by atoms with Gasteiger partial charge in [0.15, 0.2) is 0 Å². The van der Waals surface area contributed by atoms with E-state index in [1.54, 1.807) is 25.7 Å². The number of rotatable bonds is 8. The maximum atomic E-state index is 3.51. The lowest BCUT2D eigenvalue weighted by molar-refractivity contribution is 0.158. The molecule has 3 saturated carbocycles. The lowest BCUT2D eigenvalue weighted by atomic mass is 9.66. The van der Waals surface area contributed by atoms with Crippen LogP contribution < -0.4 is 5.32 Å². The quantitative estimate of drug-likeness (QED) is 0.302. The Balaban J connectivity index is 1.15. The summed E-state index contributed by atoms with van der Waals surface area (Å²) in [6, 6.07) is 0.809. The normalized spacial score (nSPS) is 39.8. The van der Waals surface area contributed by atoms with E-state index in [4.69, 9.17) is 0 Å². The van der Waals surface area contributed by atoms with Crippen LogP contribution in [0.3, 0.4) is 0 Å². The van der Waals surface area contributed by atoms with Gasteiger partial charge in [0.25, 0.3) is 0 Å². The SMILES string of the molecule is CCCCCC1CCC(C2CC=C(C3CCC(C4CCC(NC)CC4)CC3)CC2)CC1. The first-order valence-corrected chi connectivity index (χ1v) is 14.6. The largest absolute Gasteiger partial charge is 0.317 e. The Hall–Kier alpha value is -0.300. The highest BCUT2D eigenvalue weighted by atomic mass is 14.9. The van der Waals surface area contributed by atoms with Crippen LogP contribution in [0.4, 0.5) is 0 Å². The van der Waals surface area contributed by atoms with E-state index in [0.29, 0.717) is 0 Å². The summed E-state index contributed by atoms with van der Waals surface area (Å²) < 4.78 is 0. The van der Waals surface area contributed by atoms with Gasteiger partial charge in [-0.25, -0.2) is 0 Å². The predicted molar refractivity (Wildman–Crippen MR) is 135 cm³/mol. The molecule has 0 saturated heterocycles. The van der Waals surface area contributed by atoms with Gasteiger partial charge < -0.3 is 5.32 Å². The molecule has 1 unspecified atom stereocenters. The van der Waals surface area contributed by atoms with Crippen LogP contribution in [0.25, 0.3) is 0 Å². The zero-order valence-electron chi connectivity index (χ0n) is 21.1. The van der Waals surface area contributed by atoms with Crippen molar-refractivity contribution in [2.75, 3.05) is 7.05 Å². The van der Waals surface area contributed by atoms with Gasteiger partial charge in [-0.05, 0) is 126 Å². The van der Waals surface area contributed by atoms with Crippen molar-refractivity contribution in [3.8, 4) is 0 Å². The molecule has 3 fully saturated rings. The standard InChI is InChI=1S/C30H53N/c1-3-4-5-6-23-7-9-24(10-8-23)25-11-13-26(14-12-25)27-15-17-28(18-16-27)29-19-21-30(31-2)22-20-29/h13,23-25,27-31H,3-12,14-22H2,1-2H3. The molecule has 0 aromatic carbocycles. The summed E-state index contributed by atoms with van der Waals surface area (Å²) in [7, 11) is 2.15. The first kappa shape index (κ1) is 23.8. The summed E-state index contributed by atoms with van der Waals surface area (Å²) in [6.45, 7) is 2.34. The molecular weight excluding hydrogens is 374 g/mol. The number of allylic oxidation sites excluding steroid dienone is 2. The third kappa shape index (κ3) is 6.61. The first-order chi connectivity index (χ1) is 15.3. The molecule has 4 aliphatic rings. The fraction of sp³-hybridized carbons (Fsp3) is 0.933. The van der Waals surface area contributed by atoms with Crippen molar-refractivity contribution in [3.05, 3.63) is 11.6 Å². The molecule has 0 radical (unpaired) electrons. The van der Waals surface area contributed by atoms with E-state index in [1.165, 1.54) is 96.3 Å². The van der Waals surface area contributed by atoms with Gasteiger partial charge in [0.1, 0.15) is 0 Å². The number of unbranched alkanes of at least 4 members (excludes halogenated alkanes) is 2. The molecule has 0 aliphatic heterocycles. The highest BCUT2D eigenvalue weighted by Crippen LogP contribution is 2.46. The van der Waals surface area contributed by atoms with E-state index in [0.717, 1.165) is 41.5 Å². The second-order valence-electron chi connectivity index (χ2n) is 12.1. The summed E-state index contributed by atoms with van der Waals surface area (Å²) in [5.74, 6) is 6.22. The third-order valence-corrected chi connectivity index (χ3v) is 10.4. The Morgan fingerprint density at radius 1 is 0.710 bits per heavy atom. The van der Waals surface area contributed by atoms with Crippen molar-refractivity contribution in [1.29, 1.82) is 0 Å². The minimum atomic E-state index is 0.809. The van der Waals surface area contributed by atoms with Gasteiger partial charge in [0.2, 0.25) is 0 Å². The van der Waals surface area contributed by atoms with Gasteiger partial charge >= 0.3 is 0 Å². The van der Waals surface area contributed by atoms with Gasteiger partial charge in [-0.3, -0.25) is 0 Å². The zero-order valence-corrected chi connectivity index (χ0v) is 21.1. The first-order valence-electron chi connectivity index (χ1n) is 14.6. The van der Waals surface area contributed by atoms with E-state index >= 15 is 0 Å². The molecule has 0 spiro atoms. The summed E-state index contributed by atoms with van der Waals surface area (Å²) in [6.07, 6.45) is 31.1. The van der Waals surface area contributed by atoms with Crippen LogP contribution in [0.5, 0.6) is 0 Å². The Labute approximate surface area is 194 Å². The zero-order chi connectivity index (χ0) is 21.5. The molecule has 0 heterocycles. The summed E-state index contributed by atoms with van der Waals surface area (Å²) in [5.41, 5.74) is 1.89. The second kappa shape index (κ2) is 12.2. The summed E-state index contributed by atoms with van der Waals surface area (Å²) >= 11 is 0. The van der Waals surface area contributed by atoms with Crippen molar-refractivity contribution < 1.29 is 0 Å². The monoisotopic (exact) mass is 427 g/mol. The molecule has 0 amide bonds.